The maximum absolute atomic E-state index is 13.1. The van der Waals surface area contributed by atoms with Crippen LogP contribution in [0, 0.1) is 13.8 Å². The fourth-order valence-corrected chi connectivity index (χ4v) is 4.55. The highest BCUT2D eigenvalue weighted by atomic mass is 32.2. The number of carbonyl (C=O) groups excluding carboxylic acids is 1. The zero-order valence-corrected chi connectivity index (χ0v) is 19.5. The molecule has 6 nitrogen and oxygen atoms in total. The van der Waals surface area contributed by atoms with Crippen LogP contribution < -0.4 is 14.8 Å². The Morgan fingerprint density at radius 2 is 1.69 bits per heavy atom. The summed E-state index contributed by atoms with van der Waals surface area (Å²) >= 11 is 0. The first-order valence-corrected chi connectivity index (χ1v) is 11.9. The van der Waals surface area contributed by atoms with E-state index in [1.165, 1.54) is 0 Å². The molecular formula is C25H28N2O4S. The molecule has 3 rings (SSSR count). The number of sulfonamides is 1. The molecule has 2 N–H and O–H groups in total. The molecule has 0 saturated heterocycles. The zero-order valence-electron chi connectivity index (χ0n) is 18.7. The Hall–Kier alpha value is -3.32. The monoisotopic (exact) mass is 452 g/mol. The number of anilines is 1. The lowest BCUT2D eigenvalue weighted by atomic mass is 10.0. The van der Waals surface area contributed by atoms with Crippen molar-refractivity contribution in [1.29, 1.82) is 0 Å². The predicted octanol–water partition coefficient (Wildman–Crippen LogP) is 4.99. The van der Waals surface area contributed by atoms with E-state index in [-0.39, 0.29) is 28.1 Å². The van der Waals surface area contributed by atoms with Crippen molar-refractivity contribution in [2.75, 3.05) is 11.8 Å². The van der Waals surface area contributed by atoms with E-state index in [0.717, 1.165) is 22.4 Å². The maximum atomic E-state index is 13.1. The van der Waals surface area contributed by atoms with Gasteiger partial charge in [0.05, 0.1) is 29.3 Å². The molecule has 3 aromatic rings. The van der Waals surface area contributed by atoms with Gasteiger partial charge in [-0.25, -0.2) is 8.42 Å². The van der Waals surface area contributed by atoms with E-state index in [4.69, 9.17) is 4.74 Å². The average molecular weight is 453 g/mol. The summed E-state index contributed by atoms with van der Waals surface area (Å²) in [5, 5.41) is 3.02. The van der Waals surface area contributed by atoms with E-state index in [2.05, 4.69) is 10.0 Å². The molecule has 32 heavy (non-hydrogen) atoms. The van der Waals surface area contributed by atoms with Crippen LogP contribution in [-0.2, 0) is 10.0 Å². The summed E-state index contributed by atoms with van der Waals surface area (Å²) in [5.74, 6) is 0.429. The highest BCUT2D eigenvalue weighted by Gasteiger charge is 2.21. The molecular weight excluding hydrogens is 424 g/mol. The number of methoxy groups -OCH3 is 1. The molecule has 0 heterocycles. The van der Waals surface area contributed by atoms with Gasteiger partial charge in [-0.15, -0.1) is 0 Å². The van der Waals surface area contributed by atoms with E-state index in [0.29, 0.717) is 6.42 Å². The summed E-state index contributed by atoms with van der Waals surface area (Å²) in [6, 6.07) is 18.7. The Balaban J connectivity index is 1.84. The Labute approximate surface area is 189 Å². The molecule has 1 amide bonds. The van der Waals surface area contributed by atoms with Crippen LogP contribution in [0.5, 0.6) is 5.75 Å². The van der Waals surface area contributed by atoms with Crippen LogP contribution >= 0.6 is 0 Å². The molecule has 7 heteroatoms. The number of aryl methyl sites for hydroxylation is 2. The van der Waals surface area contributed by atoms with Crippen molar-refractivity contribution in [2.24, 2.45) is 0 Å². The molecule has 0 aliphatic carbocycles. The second-order valence-corrected chi connectivity index (χ2v) is 9.31. The van der Waals surface area contributed by atoms with Crippen LogP contribution in [-0.4, -0.2) is 21.4 Å². The highest BCUT2D eigenvalue weighted by Crippen LogP contribution is 2.26. The summed E-state index contributed by atoms with van der Waals surface area (Å²) in [5.41, 5.74) is 3.38. The van der Waals surface area contributed by atoms with Crippen molar-refractivity contribution in [3.05, 3.63) is 89.0 Å². The molecule has 0 fully saturated rings. The quantitative estimate of drug-likeness (QED) is 0.504. The lowest BCUT2D eigenvalue weighted by Gasteiger charge is -2.20. The molecule has 0 aliphatic rings. The minimum absolute atomic E-state index is 0.137. The Bertz CT molecular complexity index is 1200. The van der Waals surface area contributed by atoms with Gasteiger partial charge in [0.15, 0.2) is 0 Å². The van der Waals surface area contributed by atoms with Crippen LogP contribution in [0.4, 0.5) is 5.69 Å². The SMILES string of the molecule is CC[C@H](NC(=O)c1ccccc1NS(=O)(=O)c1ccc(C)cc1)c1ccc(OC)c(C)c1. The van der Waals surface area contributed by atoms with Crippen molar-refractivity contribution in [3.8, 4) is 5.75 Å². The van der Waals surface area contributed by atoms with E-state index < -0.39 is 10.0 Å². The van der Waals surface area contributed by atoms with Crippen LogP contribution in [0.15, 0.2) is 71.6 Å². The number of para-hydroxylation sites is 1. The number of rotatable bonds is 8. The van der Waals surface area contributed by atoms with Gasteiger partial charge in [-0.2, -0.15) is 0 Å². The summed E-state index contributed by atoms with van der Waals surface area (Å²) < 4.78 is 33.5. The van der Waals surface area contributed by atoms with Crippen molar-refractivity contribution >= 4 is 21.6 Å². The number of carbonyl (C=O) groups is 1. The fraction of sp³-hybridized carbons (Fsp3) is 0.240. The van der Waals surface area contributed by atoms with E-state index in [1.54, 1.807) is 55.6 Å². The van der Waals surface area contributed by atoms with Gasteiger partial charge in [0.25, 0.3) is 15.9 Å². The number of hydrogen-bond donors (Lipinski definition) is 2. The lowest BCUT2D eigenvalue weighted by molar-refractivity contribution is 0.0936. The predicted molar refractivity (Wildman–Crippen MR) is 127 cm³/mol. The first-order chi connectivity index (χ1) is 15.2. The molecule has 1 atom stereocenters. The number of amides is 1. The number of benzene rings is 3. The lowest BCUT2D eigenvalue weighted by Crippen LogP contribution is -2.29. The molecule has 0 spiro atoms. The average Bonchev–Trinajstić information content (AvgIpc) is 2.77. The second-order valence-electron chi connectivity index (χ2n) is 7.63. The van der Waals surface area contributed by atoms with Gasteiger partial charge >= 0.3 is 0 Å². The first-order valence-electron chi connectivity index (χ1n) is 10.4. The highest BCUT2D eigenvalue weighted by molar-refractivity contribution is 7.92. The molecule has 0 aliphatic heterocycles. The summed E-state index contributed by atoms with van der Waals surface area (Å²) in [6.45, 7) is 5.82. The Morgan fingerprint density at radius 3 is 2.31 bits per heavy atom. The van der Waals surface area contributed by atoms with Crippen LogP contribution in [0.2, 0.25) is 0 Å². The Kier molecular flexibility index (Phi) is 7.20. The van der Waals surface area contributed by atoms with Crippen molar-refractivity contribution in [2.45, 2.75) is 38.1 Å². The van der Waals surface area contributed by atoms with E-state index >= 15 is 0 Å². The molecule has 168 valence electrons. The second kappa shape index (κ2) is 9.87. The minimum Gasteiger partial charge on any atom is -0.496 e. The number of ether oxygens (including phenoxy) is 1. The fourth-order valence-electron chi connectivity index (χ4n) is 3.47. The van der Waals surface area contributed by atoms with Crippen LogP contribution in [0.1, 0.15) is 46.4 Å². The minimum atomic E-state index is -3.83. The van der Waals surface area contributed by atoms with Crippen LogP contribution in [0.25, 0.3) is 0 Å². The topological polar surface area (TPSA) is 84.5 Å². The van der Waals surface area contributed by atoms with Gasteiger partial charge in [-0.1, -0.05) is 48.9 Å². The summed E-state index contributed by atoms with van der Waals surface area (Å²) in [7, 11) is -2.21. The molecule has 0 aromatic heterocycles. The Morgan fingerprint density at radius 1 is 1.00 bits per heavy atom. The third kappa shape index (κ3) is 5.29. The van der Waals surface area contributed by atoms with Crippen molar-refractivity contribution < 1.29 is 17.9 Å². The first kappa shape index (κ1) is 23.3. The van der Waals surface area contributed by atoms with Crippen LogP contribution in [0.3, 0.4) is 0 Å². The van der Waals surface area contributed by atoms with Gasteiger partial charge < -0.3 is 10.1 Å². The normalized spacial score (nSPS) is 12.1. The van der Waals surface area contributed by atoms with Gasteiger partial charge in [0.2, 0.25) is 0 Å². The van der Waals surface area contributed by atoms with Gasteiger partial charge in [-0.3, -0.25) is 9.52 Å². The standard InChI is InChI=1S/C25H28N2O4S/c1-5-22(19-12-15-24(31-4)18(3)16-19)26-25(28)21-8-6-7-9-23(21)27-32(29,30)20-13-10-17(2)11-14-20/h6-16,22,27H,5H2,1-4H3,(H,26,28)/t22-/m0/s1. The third-order valence-corrected chi connectivity index (χ3v) is 6.66. The molecule has 0 saturated carbocycles. The summed E-state index contributed by atoms with van der Waals surface area (Å²) in [6.07, 6.45) is 0.675. The zero-order chi connectivity index (χ0) is 23.3. The maximum Gasteiger partial charge on any atom is 0.261 e. The van der Waals surface area contributed by atoms with Gasteiger partial charge in [0.1, 0.15) is 5.75 Å². The molecule has 0 bridgehead atoms. The summed E-state index contributed by atoms with van der Waals surface area (Å²) in [4.78, 5) is 13.3. The largest absolute Gasteiger partial charge is 0.496 e. The van der Waals surface area contributed by atoms with Crippen molar-refractivity contribution in [1.82, 2.24) is 5.32 Å². The number of nitrogens with one attached hydrogen (secondary N) is 2. The van der Waals surface area contributed by atoms with Crippen molar-refractivity contribution in [3.63, 3.8) is 0 Å². The van der Waals surface area contributed by atoms with E-state index in [9.17, 15) is 13.2 Å². The molecule has 0 unspecified atom stereocenters. The molecule has 0 radical (unpaired) electrons. The van der Waals surface area contributed by atoms with Gasteiger partial charge in [0, 0.05) is 0 Å². The molecule has 3 aromatic carbocycles. The van der Waals surface area contributed by atoms with Gasteiger partial charge in [-0.05, 0) is 61.7 Å². The van der Waals surface area contributed by atoms with E-state index in [1.807, 2.05) is 39.0 Å². The number of hydrogen-bond acceptors (Lipinski definition) is 4. The third-order valence-electron chi connectivity index (χ3n) is 5.28. The smallest absolute Gasteiger partial charge is 0.261 e.